The van der Waals surface area contributed by atoms with Crippen LogP contribution in [-0.2, 0) is 17.8 Å². The third kappa shape index (κ3) is 4.93. The Balaban J connectivity index is 1.50. The van der Waals surface area contributed by atoms with E-state index in [9.17, 15) is 4.79 Å². The summed E-state index contributed by atoms with van der Waals surface area (Å²) in [5, 5.41) is 2.90. The van der Waals surface area contributed by atoms with Gasteiger partial charge in [-0.25, -0.2) is 4.98 Å². The molecule has 0 saturated heterocycles. The Kier molecular flexibility index (Phi) is 5.88. The van der Waals surface area contributed by atoms with Crippen LogP contribution in [0.2, 0.25) is 0 Å². The van der Waals surface area contributed by atoms with Gasteiger partial charge in [0.2, 0.25) is 5.91 Å². The Morgan fingerprint density at radius 1 is 1.28 bits per heavy atom. The first-order chi connectivity index (χ1) is 12.1. The summed E-state index contributed by atoms with van der Waals surface area (Å²) in [6.07, 6.45) is 2.49. The van der Waals surface area contributed by atoms with Crippen LogP contribution < -0.4 is 10.1 Å². The van der Waals surface area contributed by atoms with E-state index < -0.39 is 0 Å². The molecule has 0 aliphatic rings. The minimum absolute atomic E-state index is 0.0197. The molecule has 2 heterocycles. The molecule has 0 radical (unpaired) electrons. The number of rotatable bonds is 7. The van der Waals surface area contributed by atoms with Gasteiger partial charge in [-0.05, 0) is 52.3 Å². The maximum atomic E-state index is 11.9. The molecule has 0 aliphatic heterocycles. The molecule has 0 bridgehead atoms. The van der Waals surface area contributed by atoms with Gasteiger partial charge in [-0.2, -0.15) is 0 Å². The summed E-state index contributed by atoms with van der Waals surface area (Å²) in [6, 6.07) is 11.5. The Hall–Kier alpha value is -2.12. The smallest absolute Gasteiger partial charge is 0.220 e. The number of halogens is 1. The molecule has 5 nitrogen and oxygen atoms in total. The average molecular weight is 421 g/mol. The molecule has 1 aromatic carbocycles. The van der Waals surface area contributed by atoms with E-state index in [1.807, 2.05) is 36.4 Å². The SMILES string of the molecule is COc1ccc(-c2cnc(CCC(=O)NCc3ccc(Br)s3)o2)cc1. The van der Waals surface area contributed by atoms with Crippen LogP contribution >= 0.6 is 27.3 Å². The number of benzene rings is 1. The lowest BCUT2D eigenvalue weighted by Gasteiger charge is -2.02. The van der Waals surface area contributed by atoms with Gasteiger partial charge in [0.05, 0.1) is 23.6 Å². The number of aryl methyl sites for hydroxylation is 1. The van der Waals surface area contributed by atoms with Crippen molar-refractivity contribution in [1.29, 1.82) is 0 Å². The number of methoxy groups -OCH3 is 1. The van der Waals surface area contributed by atoms with Crippen LogP contribution in [0.5, 0.6) is 5.75 Å². The van der Waals surface area contributed by atoms with Crippen molar-refractivity contribution >= 4 is 33.2 Å². The zero-order valence-corrected chi connectivity index (χ0v) is 16.0. The lowest BCUT2D eigenvalue weighted by atomic mass is 10.2. The van der Waals surface area contributed by atoms with Crippen molar-refractivity contribution < 1.29 is 13.9 Å². The normalized spacial score (nSPS) is 10.6. The Morgan fingerprint density at radius 3 is 2.76 bits per heavy atom. The van der Waals surface area contributed by atoms with E-state index in [0.29, 0.717) is 31.0 Å². The number of hydrogen-bond donors (Lipinski definition) is 1. The van der Waals surface area contributed by atoms with Crippen molar-refractivity contribution in [2.24, 2.45) is 0 Å². The maximum absolute atomic E-state index is 11.9. The number of amides is 1. The van der Waals surface area contributed by atoms with Crippen LogP contribution in [0, 0.1) is 0 Å². The lowest BCUT2D eigenvalue weighted by molar-refractivity contribution is -0.121. The Labute approximate surface area is 158 Å². The van der Waals surface area contributed by atoms with E-state index >= 15 is 0 Å². The highest BCUT2D eigenvalue weighted by Gasteiger charge is 2.09. The summed E-state index contributed by atoms with van der Waals surface area (Å²) in [4.78, 5) is 17.3. The molecule has 3 aromatic rings. The molecule has 0 aliphatic carbocycles. The monoisotopic (exact) mass is 420 g/mol. The molecule has 0 spiro atoms. The Bertz CT molecular complexity index is 842. The van der Waals surface area contributed by atoms with Crippen molar-refractivity contribution in [3.63, 3.8) is 0 Å². The minimum atomic E-state index is -0.0197. The third-order valence-corrected chi connectivity index (χ3v) is 5.21. The molecule has 0 fully saturated rings. The van der Waals surface area contributed by atoms with E-state index in [4.69, 9.17) is 9.15 Å². The number of oxazole rings is 1. The fourth-order valence-corrected chi connectivity index (χ4v) is 3.68. The zero-order chi connectivity index (χ0) is 17.6. The molecule has 7 heteroatoms. The van der Waals surface area contributed by atoms with Gasteiger partial charge < -0.3 is 14.5 Å². The van der Waals surface area contributed by atoms with Gasteiger partial charge in [-0.3, -0.25) is 4.79 Å². The highest BCUT2D eigenvalue weighted by atomic mass is 79.9. The third-order valence-electron chi connectivity index (χ3n) is 3.58. The van der Waals surface area contributed by atoms with E-state index in [1.54, 1.807) is 24.6 Å². The van der Waals surface area contributed by atoms with Crippen LogP contribution in [0.4, 0.5) is 0 Å². The van der Waals surface area contributed by atoms with Gasteiger partial charge in [0.1, 0.15) is 5.75 Å². The molecule has 1 amide bonds. The van der Waals surface area contributed by atoms with Crippen LogP contribution in [-0.4, -0.2) is 18.0 Å². The lowest BCUT2D eigenvalue weighted by Crippen LogP contribution is -2.22. The van der Waals surface area contributed by atoms with Gasteiger partial charge in [-0.1, -0.05) is 0 Å². The zero-order valence-electron chi connectivity index (χ0n) is 13.6. The van der Waals surface area contributed by atoms with Gasteiger partial charge in [0, 0.05) is 23.3 Å². The first-order valence-corrected chi connectivity index (χ1v) is 9.35. The fraction of sp³-hybridized carbons (Fsp3) is 0.222. The molecule has 25 heavy (non-hydrogen) atoms. The summed E-state index contributed by atoms with van der Waals surface area (Å²) >= 11 is 5.02. The molecule has 0 saturated carbocycles. The second-order valence-corrected chi connectivity index (χ2v) is 7.88. The van der Waals surface area contributed by atoms with E-state index in [2.05, 4.69) is 26.2 Å². The molecule has 0 atom stereocenters. The summed E-state index contributed by atoms with van der Waals surface area (Å²) in [6.45, 7) is 0.539. The van der Waals surface area contributed by atoms with Gasteiger partial charge in [0.25, 0.3) is 0 Å². The fourth-order valence-electron chi connectivity index (χ4n) is 2.26. The molecule has 3 rings (SSSR count). The summed E-state index contributed by atoms with van der Waals surface area (Å²) < 4.78 is 11.9. The number of ether oxygens (including phenoxy) is 1. The largest absolute Gasteiger partial charge is 0.497 e. The van der Waals surface area contributed by atoms with E-state index in [-0.39, 0.29) is 5.91 Å². The number of nitrogens with zero attached hydrogens (tertiary/aromatic N) is 1. The number of nitrogens with one attached hydrogen (secondary N) is 1. The van der Waals surface area contributed by atoms with Crippen LogP contribution in [0.3, 0.4) is 0 Å². The predicted octanol–water partition coefficient (Wildman–Crippen LogP) is 4.42. The first kappa shape index (κ1) is 17.7. The molecule has 2 aromatic heterocycles. The van der Waals surface area contributed by atoms with Gasteiger partial charge >= 0.3 is 0 Å². The summed E-state index contributed by atoms with van der Waals surface area (Å²) in [5.41, 5.74) is 0.923. The van der Waals surface area contributed by atoms with Crippen molar-refractivity contribution in [3.05, 3.63) is 57.1 Å². The number of aromatic nitrogens is 1. The quantitative estimate of drug-likeness (QED) is 0.614. The maximum Gasteiger partial charge on any atom is 0.220 e. The molecule has 130 valence electrons. The summed E-state index contributed by atoms with van der Waals surface area (Å²) in [5.74, 6) is 2.01. The van der Waals surface area contributed by atoms with Crippen molar-refractivity contribution in [3.8, 4) is 17.1 Å². The predicted molar refractivity (Wildman–Crippen MR) is 101 cm³/mol. The number of hydrogen-bond acceptors (Lipinski definition) is 5. The summed E-state index contributed by atoms with van der Waals surface area (Å²) in [7, 11) is 1.63. The number of carbonyl (C=O) groups excluding carboxylic acids is 1. The first-order valence-electron chi connectivity index (χ1n) is 7.74. The van der Waals surface area contributed by atoms with Crippen molar-refractivity contribution in [2.75, 3.05) is 7.11 Å². The number of thiophene rings is 1. The highest BCUT2D eigenvalue weighted by molar-refractivity contribution is 9.11. The number of carbonyl (C=O) groups is 1. The molecule has 0 unspecified atom stereocenters. The second kappa shape index (κ2) is 8.31. The standard InChI is InChI=1S/C18H17BrN2O3S/c1-23-13-4-2-12(3-5-13)15-11-21-18(24-15)9-8-17(22)20-10-14-6-7-16(19)25-14/h2-7,11H,8-10H2,1H3,(H,20,22). The van der Waals surface area contributed by atoms with Crippen molar-refractivity contribution in [1.82, 2.24) is 10.3 Å². The van der Waals surface area contributed by atoms with Crippen molar-refractivity contribution in [2.45, 2.75) is 19.4 Å². The van der Waals surface area contributed by atoms with Crippen LogP contribution in [0.1, 0.15) is 17.2 Å². The minimum Gasteiger partial charge on any atom is -0.497 e. The van der Waals surface area contributed by atoms with Crippen LogP contribution in [0.15, 0.2) is 50.8 Å². The van der Waals surface area contributed by atoms with E-state index in [1.165, 1.54) is 0 Å². The molecular formula is C18H17BrN2O3S. The molecule has 1 N–H and O–H groups in total. The average Bonchev–Trinajstić information content (AvgIpc) is 3.27. The highest BCUT2D eigenvalue weighted by Crippen LogP contribution is 2.24. The van der Waals surface area contributed by atoms with Gasteiger partial charge in [-0.15, -0.1) is 11.3 Å². The molecular weight excluding hydrogens is 404 g/mol. The Morgan fingerprint density at radius 2 is 2.08 bits per heavy atom. The topological polar surface area (TPSA) is 64.4 Å². The van der Waals surface area contributed by atoms with E-state index in [0.717, 1.165) is 20.0 Å². The van der Waals surface area contributed by atoms with Crippen LogP contribution in [0.25, 0.3) is 11.3 Å². The second-order valence-electron chi connectivity index (χ2n) is 5.33. The van der Waals surface area contributed by atoms with Gasteiger partial charge in [0.15, 0.2) is 11.7 Å².